The maximum absolute atomic E-state index is 13.0. The topological polar surface area (TPSA) is 52.6 Å². The summed E-state index contributed by atoms with van der Waals surface area (Å²) in [5.74, 6) is 0.223. The molecule has 2 atom stereocenters. The number of rotatable bonds is 5. The molecule has 3 rings (SSSR count). The van der Waals surface area contributed by atoms with Gasteiger partial charge in [0.25, 0.3) is 0 Å². The number of hydrogen-bond acceptors (Lipinski definition) is 3. The second-order valence-electron chi connectivity index (χ2n) is 6.35. The zero-order valence-corrected chi connectivity index (χ0v) is 13.8. The third kappa shape index (κ3) is 4.02. The molecule has 4 nitrogen and oxygen atoms in total. The van der Waals surface area contributed by atoms with Crippen molar-refractivity contribution in [1.82, 2.24) is 4.90 Å². The SMILES string of the molecule is O=C(Nc1ccccc1)C(c1ccccc1)N1CCCC(CO)C1. The first-order valence-electron chi connectivity index (χ1n) is 8.53. The maximum Gasteiger partial charge on any atom is 0.246 e. The number of carbonyl (C=O) groups is 1. The fourth-order valence-corrected chi connectivity index (χ4v) is 3.38. The lowest BCUT2D eigenvalue weighted by atomic mass is 9.95. The van der Waals surface area contributed by atoms with Crippen LogP contribution in [0.4, 0.5) is 5.69 Å². The molecule has 1 fully saturated rings. The van der Waals surface area contributed by atoms with Crippen molar-refractivity contribution in [1.29, 1.82) is 0 Å². The van der Waals surface area contributed by atoms with E-state index in [2.05, 4.69) is 10.2 Å². The van der Waals surface area contributed by atoms with Crippen molar-refractivity contribution >= 4 is 11.6 Å². The minimum Gasteiger partial charge on any atom is -0.396 e. The van der Waals surface area contributed by atoms with E-state index in [1.807, 2.05) is 60.7 Å². The minimum atomic E-state index is -0.333. The summed E-state index contributed by atoms with van der Waals surface area (Å²) >= 11 is 0. The molecule has 0 spiro atoms. The lowest BCUT2D eigenvalue weighted by Crippen LogP contribution is -2.44. The lowest BCUT2D eigenvalue weighted by molar-refractivity contribution is -0.122. The molecule has 0 aliphatic carbocycles. The number of amides is 1. The Morgan fingerprint density at radius 1 is 1.12 bits per heavy atom. The summed E-state index contributed by atoms with van der Waals surface area (Å²) in [4.78, 5) is 15.2. The number of aliphatic hydroxyl groups excluding tert-OH is 1. The second-order valence-corrected chi connectivity index (χ2v) is 6.35. The number of piperidine rings is 1. The van der Waals surface area contributed by atoms with Crippen LogP contribution in [0.2, 0.25) is 0 Å². The number of aliphatic hydroxyl groups is 1. The number of likely N-dealkylation sites (tertiary alicyclic amines) is 1. The molecule has 24 heavy (non-hydrogen) atoms. The van der Waals surface area contributed by atoms with Crippen LogP contribution in [0.15, 0.2) is 60.7 Å². The fourth-order valence-electron chi connectivity index (χ4n) is 3.38. The second kappa shape index (κ2) is 8.08. The molecule has 4 heteroatoms. The Balaban J connectivity index is 1.83. The molecule has 1 heterocycles. The summed E-state index contributed by atoms with van der Waals surface area (Å²) < 4.78 is 0. The molecule has 2 aromatic carbocycles. The molecular weight excluding hydrogens is 300 g/mol. The number of benzene rings is 2. The summed E-state index contributed by atoms with van der Waals surface area (Å²) in [5.41, 5.74) is 1.80. The Hall–Kier alpha value is -2.17. The van der Waals surface area contributed by atoms with Gasteiger partial charge in [-0.05, 0) is 43.0 Å². The molecule has 1 aliphatic heterocycles. The summed E-state index contributed by atoms with van der Waals surface area (Å²) in [6.07, 6.45) is 2.03. The van der Waals surface area contributed by atoms with Gasteiger partial charge in [0.2, 0.25) is 5.91 Å². The lowest BCUT2D eigenvalue weighted by Gasteiger charge is -2.37. The highest BCUT2D eigenvalue weighted by Crippen LogP contribution is 2.28. The Morgan fingerprint density at radius 2 is 1.79 bits per heavy atom. The van der Waals surface area contributed by atoms with Crippen LogP contribution in [0.25, 0.3) is 0 Å². The van der Waals surface area contributed by atoms with E-state index in [9.17, 15) is 9.90 Å². The molecule has 2 aromatic rings. The van der Waals surface area contributed by atoms with E-state index in [-0.39, 0.29) is 24.5 Å². The first-order valence-corrected chi connectivity index (χ1v) is 8.53. The first-order chi connectivity index (χ1) is 11.8. The summed E-state index contributed by atoms with van der Waals surface area (Å²) in [7, 11) is 0. The number of carbonyl (C=O) groups excluding carboxylic acids is 1. The van der Waals surface area contributed by atoms with Crippen LogP contribution in [0.3, 0.4) is 0 Å². The third-order valence-electron chi connectivity index (χ3n) is 4.58. The van der Waals surface area contributed by atoms with E-state index in [0.717, 1.165) is 37.2 Å². The highest BCUT2D eigenvalue weighted by Gasteiger charge is 2.31. The van der Waals surface area contributed by atoms with Gasteiger partial charge in [0, 0.05) is 18.8 Å². The molecule has 2 unspecified atom stereocenters. The molecule has 1 saturated heterocycles. The number of para-hydroxylation sites is 1. The van der Waals surface area contributed by atoms with Crippen LogP contribution in [0.5, 0.6) is 0 Å². The van der Waals surface area contributed by atoms with Crippen LogP contribution in [0.1, 0.15) is 24.4 Å². The average Bonchev–Trinajstić information content (AvgIpc) is 2.64. The third-order valence-corrected chi connectivity index (χ3v) is 4.58. The molecule has 0 bridgehead atoms. The highest BCUT2D eigenvalue weighted by atomic mass is 16.3. The van der Waals surface area contributed by atoms with Gasteiger partial charge < -0.3 is 10.4 Å². The van der Waals surface area contributed by atoms with Gasteiger partial charge in [0.15, 0.2) is 0 Å². The number of nitrogens with one attached hydrogen (secondary N) is 1. The molecule has 2 N–H and O–H groups in total. The number of hydrogen-bond donors (Lipinski definition) is 2. The quantitative estimate of drug-likeness (QED) is 0.889. The van der Waals surface area contributed by atoms with Gasteiger partial charge in [-0.15, -0.1) is 0 Å². The fraction of sp³-hybridized carbons (Fsp3) is 0.350. The predicted molar refractivity (Wildman–Crippen MR) is 95.6 cm³/mol. The monoisotopic (exact) mass is 324 g/mol. The smallest absolute Gasteiger partial charge is 0.246 e. The van der Waals surface area contributed by atoms with Crippen LogP contribution >= 0.6 is 0 Å². The Labute approximate surface area is 143 Å². The first kappa shape index (κ1) is 16.7. The zero-order chi connectivity index (χ0) is 16.8. The standard InChI is InChI=1S/C20H24N2O2/c23-15-16-8-7-13-22(14-16)19(17-9-3-1-4-10-17)20(24)21-18-11-5-2-6-12-18/h1-6,9-12,16,19,23H,7-8,13-15H2,(H,21,24). The Bertz CT molecular complexity index is 645. The maximum atomic E-state index is 13.0. The molecule has 0 saturated carbocycles. The van der Waals surface area contributed by atoms with Crippen molar-refractivity contribution in [2.45, 2.75) is 18.9 Å². The number of nitrogens with zero attached hydrogens (tertiary/aromatic N) is 1. The van der Waals surface area contributed by atoms with E-state index in [1.165, 1.54) is 0 Å². The van der Waals surface area contributed by atoms with E-state index in [4.69, 9.17) is 0 Å². The van der Waals surface area contributed by atoms with Gasteiger partial charge in [0.1, 0.15) is 6.04 Å². The van der Waals surface area contributed by atoms with Crippen molar-refractivity contribution in [2.75, 3.05) is 25.0 Å². The van der Waals surface area contributed by atoms with Crippen molar-refractivity contribution < 1.29 is 9.90 Å². The van der Waals surface area contributed by atoms with Gasteiger partial charge >= 0.3 is 0 Å². The highest BCUT2D eigenvalue weighted by molar-refractivity contribution is 5.95. The Morgan fingerprint density at radius 3 is 2.46 bits per heavy atom. The minimum absolute atomic E-state index is 0.0222. The largest absolute Gasteiger partial charge is 0.396 e. The van der Waals surface area contributed by atoms with Crippen LogP contribution < -0.4 is 5.32 Å². The normalized spacial score (nSPS) is 19.6. The predicted octanol–water partition coefficient (Wildman–Crippen LogP) is 3.07. The summed E-state index contributed by atoms with van der Waals surface area (Å²) in [6.45, 7) is 1.80. The summed E-state index contributed by atoms with van der Waals surface area (Å²) in [6, 6.07) is 19.1. The van der Waals surface area contributed by atoms with Crippen LogP contribution in [-0.4, -0.2) is 35.6 Å². The van der Waals surface area contributed by atoms with Crippen LogP contribution in [0, 0.1) is 5.92 Å². The van der Waals surface area contributed by atoms with Gasteiger partial charge in [-0.3, -0.25) is 9.69 Å². The average molecular weight is 324 g/mol. The van der Waals surface area contributed by atoms with Crippen molar-refractivity contribution in [3.63, 3.8) is 0 Å². The number of anilines is 1. The van der Waals surface area contributed by atoms with Crippen molar-refractivity contribution in [3.8, 4) is 0 Å². The van der Waals surface area contributed by atoms with E-state index in [1.54, 1.807) is 0 Å². The molecule has 0 radical (unpaired) electrons. The molecule has 126 valence electrons. The van der Waals surface area contributed by atoms with Gasteiger partial charge in [-0.25, -0.2) is 0 Å². The summed E-state index contributed by atoms with van der Waals surface area (Å²) in [5, 5.41) is 12.5. The van der Waals surface area contributed by atoms with Gasteiger partial charge in [0.05, 0.1) is 0 Å². The molecular formula is C20H24N2O2. The van der Waals surface area contributed by atoms with Crippen molar-refractivity contribution in [3.05, 3.63) is 66.2 Å². The molecule has 1 aliphatic rings. The van der Waals surface area contributed by atoms with Crippen molar-refractivity contribution in [2.24, 2.45) is 5.92 Å². The van der Waals surface area contributed by atoms with Crippen LogP contribution in [-0.2, 0) is 4.79 Å². The van der Waals surface area contributed by atoms with Gasteiger partial charge in [-0.2, -0.15) is 0 Å². The van der Waals surface area contributed by atoms with E-state index >= 15 is 0 Å². The zero-order valence-electron chi connectivity index (χ0n) is 13.8. The molecule has 1 amide bonds. The van der Waals surface area contributed by atoms with E-state index in [0.29, 0.717) is 0 Å². The Kier molecular flexibility index (Phi) is 5.62. The molecule has 0 aromatic heterocycles. The van der Waals surface area contributed by atoms with Gasteiger partial charge in [-0.1, -0.05) is 48.5 Å². The van der Waals surface area contributed by atoms with E-state index < -0.39 is 0 Å².